The first-order valence-electron chi connectivity index (χ1n) is 4.95. The van der Waals surface area contributed by atoms with Crippen LogP contribution in [0.2, 0.25) is 10.0 Å². The van der Waals surface area contributed by atoms with Crippen LogP contribution < -0.4 is 0 Å². The van der Waals surface area contributed by atoms with Crippen molar-refractivity contribution in [3.8, 4) is 0 Å². The van der Waals surface area contributed by atoms with E-state index in [0.717, 1.165) is 6.07 Å². The Bertz CT molecular complexity index is 606. The summed E-state index contributed by atoms with van der Waals surface area (Å²) in [6.07, 6.45) is 0. The zero-order valence-corrected chi connectivity index (χ0v) is 10.4. The predicted molar refractivity (Wildman–Crippen MR) is 66.3 cm³/mol. The van der Waals surface area contributed by atoms with E-state index in [1.165, 1.54) is 30.3 Å². The lowest BCUT2D eigenvalue weighted by atomic mass is 10.0. The van der Waals surface area contributed by atoms with Crippen LogP contribution in [-0.4, -0.2) is 5.78 Å². The van der Waals surface area contributed by atoms with E-state index in [0.29, 0.717) is 0 Å². The van der Waals surface area contributed by atoms with E-state index in [1.54, 1.807) is 0 Å². The molecular formula is C13H6Cl2F2O. The summed E-state index contributed by atoms with van der Waals surface area (Å²) < 4.78 is 27.2. The lowest BCUT2D eigenvalue weighted by Gasteiger charge is -2.06. The number of ketones is 1. The summed E-state index contributed by atoms with van der Waals surface area (Å²) in [5.74, 6) is -2.52. The van der Waals surface area contributed by atoms with E-state index in [-0.39, 0.29) is 21.2 Å². The van der Waals surface area contributed by atoms with Crippen molar-refractivity contribution in [1.82, 2.24) is 0 Å². The van der Waals surface area contributed by atoms with Crippen LogP contribution in [0.4, 0.5) is 8.78 Å². The third-order valence-corrected chi connectivity index (χ3v) is 2.99. The maximum Gasteiger partial charge on any atom is 0.200 e. The molecule has 0 heterocycles. The fourth-order valence-electron chi connectivity index (χ4n) is 1.53. The quantitative estimate of drug-likeness (QED) is 0.743. The zero-order valence-electron chi connectivity index (χ0n) is 8.88. The highest BCUT2D eigenvalue weighted by Gasteiger charge is 2.21. The Hall–Kier alpha value is -1.45. The van der Waals surface area contributed by atoms with Crippen LogP contribution in [0, 0.1) is 11.6 Å². The van der Waals surface area contributed by atoms with Crippen molar-refractivity contribution in [1.29, 1.82) is 0 Å². The topological polar surface area (TPSA) is 17.1 Å². The van der Waals surface area contributed by atoms with Gasteiger partial charge in [-0.15, -0.1) is 0 Å². The number of benzene rings is 2. The van der Waals surface area contributed by atoms with Crippen molar-refractivity contribution in [2.24, 2.45) is 0 Å². The first-order valence-corrected chi connectivity index (χ1v) is 5.70. The maximum absolute atomic E-state index is 13.7. The summed E-state index contributed by atoms with van der Waals surface area (Å²) in [5, 5.41) is -0.271. The highest BCUT2D eigenvalue weighted by molar-refractivity contribution is 6.35. The number of carbonyl (C=O) groups excluding carboxylic acids is 1. The van der Waals surface area contributed by atoms with Gasteiger partial charge in [0.1, 0.15) is 5.82 Å². The van der Waals surface area contributed by atoms with Crippen LogP contribution in [0.25, 0.3) is 0 Å². The summed E-state index contributed by atoms with van der Waals surface area (Å²) in [7, 11) is 0. The van der Waals surface area contributed by atoms with Gasteiger partial charge in [0.05, 0.1) is 21.2 Å². The van der Waals surface area contributed by atoms with Gasteiger partial charge in [-0.05, 0) is 24.3 Å². The monoisotopic (exact) mass is 286 g/mol. The second-order valence-corrected chi connectivity index (χ2v) is 4.34. The summed E-state index contributed by atoms with van der Waals surface area (Å²) in [4.78, 5) is 12.0. The molecule has 0 saturated carbocycles. The van der Waals surface area contributed by atoms with Crippen molar-refractivity contribution >= 4 is 29.0 Å². The first-order chi connectivity index (χ1) is 8.52. The molecule has 0 N–H and O–H groups in total. The highest BCUT2D eigenvalue weighted by Crippen LogP contribution is 2.25. The molecule has 2 aromatic carbocycles. The SMILES string of the molecule is O=C(c1cccc(Cl)c1F)c1c(F)cccc1Cl. The molecule has 0 spiro atoms. The molecule has 0 radical (unpaired) electrons. The van der Waals surface area contributed by atoms with E-state index in [2.05, 4.69) is 0 Å². The van der Waals surface area contributed by atoms with E-state index < -0.39 is 17.4 Å². The molecule has 0 fully saturated rings. The number of hydrogen-bond donors (Lipinski definition) is 0. The lowest BCUT2D eigenvalue weighted by molar-refractivity contribution is 0.103. The number of halogens is 4. The summed E-state index contributed by atoms with van der Waals surface area (Å²) in [6.45, 7) is 0. The molecule has 2 aromatic rings. The van der Waals surface area contributed by atoms with Crippen molar-refractivity contribution in [2.75, 3.05) is 0 Å². The Morgan fingerprint density at radius 1 is 0.944 bits per heavy atom. The van der Waals surface area contributed by atoms with Gasteiger partial charge < -0.3 is 0 Å². The third-order valence-electron chi connectivity index (χ3n) is 2.39. The predicted octanol–water partition coefficient (Wildman–Crippen LogP) is 4.50. The molecule has 0 bridgehead atoms. The third kappa shape index (κ3) is 2.24. The Morgan fingerprint density at radius 3 is 2.22 bits per heavy atom. The van der Waals surface area contributed by atoms with Crippen LogP contribution in [-0.2, 0) is 0 Å². The largest absolute Gasteiger partial charge is 0.288 e. The second-order valence-electron chi connectivity index (χ2n) is 3.53. The van der Waals surface area contributed by atoms with E-state index in [9.17, 15) is 13.6 Å². The molecule has 0 atom stereocenters. The Labute approximate surface area is 112 Å². The van der Waals surface area contributed by atoms with Crippen LogP contribution >= 0.6 is 23.2 Å². The minimum atomic E-state index is -0.886. The molecule has 0 aliphatic rings. The molecule has 0 aromatic heterocycles. The van der Waals surface area contributed by atoms with E-state index >= 15 is 0 Å². The Kier molecular flexibility index (Phi) is 3.64. The molecule has 0 amide bonds. The highest BCUT2D eigenvalue weighted by atomic mass is 35.5. The molecule has 0 aliphatic carbocycles. The Morgan fingerprint density at radius 2 is 1.56 bits per heavy atom. The average molecular weight is 287 g/mol. The second kappa shape index (κ2) is 5.04. The van der Waals surface area contributed by atoms with Gasteiger partial charge >= 0.3 is 0 Å². The zero-order chi connectivity index (χ0) is 13.3. The van der Waals surface area contributed by atoms with Gasteiger partial charge in [0.25, 0.3) is 0 Å². The fraction of sp³-hybridized carbons (Fsp3) is 0. The van der Waals surface area contributed by atoms with E-state index in [1.807, 2.05) is 0 Å². The van der Waals surface area contributed by atoms with Crippen LogP contribution in [0.3, 0.4) is 0 Å². The van der Waals surface area contributed by atoms with Crippen molar-refractivity contribution in [3.63, 3.8) is 0 Å². The first kappa shape index (κ1) is 13.0. The van der Waals surface area contributed by atoms with Gasteiger partial charge in [0, 0.05) is 0 Å². The summed E-state index contributed by atoms with van der Waals surface area (Å²) >= 11 is 11.3. The average Bonchev–Trinajstić information content (AvgIpc) is 2.32. The van der Waals surface area contributed by atoms with Crippen LogP contribution in [0.1, 0.15) is 15.9 Å². The molecule has 0 aliphatic heterocycles. The standard InChI is InChI=1S/C13H6Cl2F2O/c14-8-4-2-6-10(16)11(8)13(18)7-3-1-5-9(15)12(7)17/h1-6H. The number of carbonyl (C=O) groups is 1. The number of rotatable bonds is 2. The van der Waals surface area contributed by atoms with Crippen molar-refractivity contribution < 1.29 is 13.6 Å². The van der Waals surface area contributed by atoms with Crippen molar-refractivity contribution in [2.45, 2.75) is 0 Å². The van der Waals surface area contributed by atoms with Gasteiger partial charge in [-0.3, -0.25) is 4.79 Å². The molecule has 5 heteroatoms. The molecule has 18 heavy (non-hydrogen) atoms. The van der Waals surface area contributed by atoms with Gasteiger partial charge in [-0.2, -0.15) is 0 Å². The normalized spacial score (nSPS) is 10.4. The molecular weight excluding hydrogens is 281 g/mol. The smallest absolute Gasteiger partial charge is 0.200 e. The molecule has 2 rings (SSSR count). The molecule has 0 unspecified atom stereocenters. The summed E-state index contributed by atoms with van der Waals surface area (Å²) in [5.41, 5.74) is -0.671. The van der Waals surface area contributed by atoms with Crippen LogP contribution in [0.5, 0.6) is 0 Å². The van der Waals surface area contributed by atoms with Gasteiger partial charge in [0.2, 0.25) is 0 Å². The number of hydrogen-bond acceptors (Lipinski definition) is 1. The van der Waals surface area contributed by atoms with Crippen molar-refractivity contribution in [3.05, 3.63) is 69.2 Å². The molecule has 1 nitrogen and oxygen atoms in total. The van der Waals surface area contributed by atoms with Crippen LogP contribution in [0.15, 0.2) is 36.4 Å². The maximum atomic E-state index is 13.7. The molecule has 92 valence electrons. The summed E-state index contributed by atoms with van der Waals surface area (Å²) in [6, 6.07) is 7.75. The fourth-order valence-corrected chi connectivity index (χ4v) is 1.95. The van der Waals surface area contributed by atoms with Gasteiger partial charge in [-0.1, -0.05) is 35.3 Å². The minimum absolute atomic E-state index is 0.0700. The van der Waals surface area contributed by atoms with Gasteiger partial charge in [0.15, 0.2) is 11.6 Å². The molecule has 0 saturated heterocycles. The minimum Gasteiger partial charge on any atom is -0.288 e. The Balaban J connectivity index is 2.59. The van der Waals surface area contributed by atoms with E-state index in [4.69, 9.17) is 23.2 Å². The lowest BCUT2D eigenvalue weighted by Crippen LogP contribution is -2.07. The van der Waals surface area contributed by atoms with Gasteiger partial charge in [-0.25, -0.2) is 8.78 Å².